The third kappa shape index (κ3) is 3.14. The molecule has 21 heavy (non-hydrogen) atoms. The molecule has 2 N–H and O–H groups in total. The Bertz CT molecular complexity index is 476. The van der Waals surface area contributed by atoms with Gasteiger partial charge in [0.15, 0.2) is 0 Å². The number of carbonyl (C=O) groups excluding carboxylic acids is 1. The van der Waals surface area contributed by atoms with Crippen LogP contribution >= 0.6 is 0 Å². The monoisotopic (exact) mass is 291 g/mol. The fourth-order valence-corrected chi connectivity index (χ4v) is 2.85. The summed E-state index contributed by atoms with van der Waals surface area (Å²) in [5, 5.41) is 0. The lowest BCUT2D eigenvalue weighted by atomic mass is 10.1. The SMILES string of the molecule is NCC1CCC(C(=O)N2CCN(c3ncccn3)CC2)O1. The average Bonchev–Trinajstić information content (AvgIpc) is 3.04. The fourth-order valence-electron chi connectivity index (χ4n) is 2.85. The second-order valence-corrected chi connectivity index (χ2v) is 5.42. The summed E-state index contributed by atoms with van der Waals surface area (Å²) in [4.78, 5) is 24.9. The van der Waals surface area contributed by atoms with Gasteiger partial charge in [-0.25, -0.2) is 9.97 Å². The standard InChI is InChI=1S/C14H21N5O2/c15-10-11-2-3-12(21-11)13(20)18-6-8-19(9-7-18)14-16-4-1-5-17-14/h1,4-5,11-12H,2-3,6-10,15H2. The zero-order valence-electron chi connectivity index (χ0n) is 12.0. The number of hydrogen-bond donors (Lipinski definition) is 1. The molecule has 7 heteroatoms. The van der Waals surface area contributed by atoms with Crippen LogP contribution in [-0.4, -0.2) is 65.7 Å². The van der Waals surface area contributed by atoms with Gasteiger partial charge in [-0.2, -0.15) is 0 Å². The third-order valence-corrected chi connectivity index (χ3v) is 4.07. The molecule has 0 aliphatic carbocycles. The van der Waals surface area contributed by atoms with Gasteiger partial charge in [0.1, 0.15) is 6.10 Å². The lowest BCUT2D eigenvalue weighted by Crippen LogP contribution is -2.52. The van der Waals surface area contributed by atoms with Crippen LogP contribution in [0.25, 0.3) is 0 Å². The number of piperazine rings is 1. The summed E-state index contributed by atoms with van der Waals surface area (Å²) in [5.41, 5.74) is 5.59. The number of amides is 1. The van der Waals surface area contributed by atoms with E-state index in [0.717, 1.165) is 31.9 Å². The predicted octanol–water partition coefficient (Wildman–Crippen LogP) is -0.368. The van der Waals surface area contributed by atoms with Crippen molar-refractivity contribution in [2.45, 2.75) is 25.0 Å². The molecule has 0 aromatic carbocycles. The topological polar surface area (TPSA) is 84.6 Å². The first-order valence-corrected chi connectivity index (χ1v) is 7.44. The smallest absolute Gasteiger partial charge is 0.251 e. The second kappa shape index (κ2) is 6.36. The number of carbonyl (C=O) groups is 1. The maximum absolute atomic E-state index is 12.4. The van der Waals surface area contributed by atoms with Gasteiger partial charge < -0.3 is 20.3 Å². The van der Waals surface area contributed by atoms with Gasteiger partial charge in [0, 0.05) is 45.1 Å². The highest BCUT2D eigenvalue weighted by atomic mass is 16.5. The molecule has 2 aliphatic rings. The van der Waals surface area contributed by atoms with E-state index in [2.05, 4.69) is 14.9 Å². The normalized spacial score (nSPS) is 26.1. The van der Waals surface area contributed by atoms with Gasteiger partial charge in [0.2, 0.25) is 5.95 Å². The highest BCUT2D eigenvalue weighted by Gasteiger charge is 2.34. The molecule has 1 aromatic heterocycles. The molecule has 1 amide bonds. The Kier molecular flexibility index (Phi) is 4.31. The van der Waals surface area contributed by atoms with Gasteiger partial charge in [-0.15, -0.1) is 0 Å². The predicted molar refractivity (Wildman–Crippen MR) is 77.8 cm³/mol. The van der Waals surface area contributed by atoms with Gasteiger partial charge in [-0.1, -0.05) is 0 Å². The Morgan fingerprint density at radius 1 is 1.24 bits per heavy atom. The lowest BCUT2D eigenvalue weighted by molar-refractivity contribution is -0.143. The van der Waals surface area contributed by atoms with Gasteiger partial charge in [0.05, 0.1) is 6.10 Å². The highest BCUT2D eigenvalue weighted by molar-refractivity contribution is 5.81. The number of nitrogens with two attached hydrogens (primary N) is 1. The van der Waals surface area contributed by atoms with Crippen LogP contribution in [0.15, 0.2) is 18.5 Å². The quantitative estimate of drug-likeness (QED) is 0.818. The summed E-state index contributed by atoms with van der Waals surface area (Å²) < 4.78 is 5.68. The molecule has 3 rings (SSSR count). The van der Waals surface area contributed by atoms with Crippen molar-refractivity contribution < 1.29 is 9.53 Å². The van der Waals surface area contributed by atoms with Crippen LogP contribution in [0.4, 0.5) is 5.95 Å². The average molecular weight is 291 g/mol. The molecule has 1 aromatic rings. The molecule has 2 saturated heterocycles. The highest BCUT2D eigenvalue weighted by Crippen LogP contribution is 2.21. The minimum Gasteiger partial charge on any atom is -0.364 e. The summed E-state index contributed by atoms with van der Waals surface area (Å²) in [6, 6.07) is 1.80. The van der Waals surface area contributed by atoms with Crippen LogP contribution < -0.4 is 10.6 Å². The van der Waals surface area contributed by atoms with E-state index in [1.807, 2.05) is 4.90 Å². The Labute approximate surface area is 124 Å². The van der Waals surface area contributed by atoms with E-state index in [-0.39, 0.29) is 18.1 Å². The van der Waals surface area contributed by atoms with Crippen molar-refractivity contribution >= 4 is 11.9 Å². The van der Waals surface area contributed by atoms with E-state index in [1.54, 1.807) is 18.5 Å². The molecule has 2 fully saturated rings. The zero-order chi connectivity index (χ0) is 14.7. The Morgan fingerprint density at radius 2 is 1.95 bits per heavy atom. The molecule has 7 nitrogen and oxygen atoms in total. The van der Waals surface area contributed by atoms with E-state index < -0.39 is 0 Å². The third-order valence-electron chi connectivity index (χ3n) is 4.07. The molecule has 0 saturated carbocycles. The van der Waals surface area contributed by atoms with Gasteiger partial charge >= 0.3 is 0 Å². The molecule has 114 valence electrons. The van der Waals surface area contributed by atoms with E-state index in [9.17, 15) is 4.79 Å². The molecule has 0 radical (unpaired) electrons. The van der Waals surface area contributed by atoms with Gasteiger partial charge in [-0.05, 0) is 18.9 Å². The molecular formula is C14H21N5O2. The van der Waals surface area contributed by atoms with Crippen molar-refractivity contribution in [1.82, 2.24) is 14.9 Å². The molecular weight excluding hydrogens is 270 g/mol. The first-order chi connectivity index (χ1) is 10.3. The first-order valence-electron chi connectivity index (χ1n) is 7.44. The first kappa shape index (κ1) is 14.2. The number of nitrogens with zero attached hydrogens (tertiary/aromatic N) is 4. The van der Waals surface area contributed by atoms with Crippen molar-refractivity contribution in [3.63, 3.8) is 0 Å². The molecule has 2 atom stereocenters. The lowest BCUT2D eigenvalue weighted by Gasteiger charge is -2.35. The van der Waals surface area contributed by atoms with Crippen LogP contribution in [0.1, 0.15) is 12.8 Å². The Hall–Kier alpha value is -1.73. The summed E-state index contributed by atoms with van der Waals surface area (Å²) in [7, 11) is 0. The summed E-state index contributed by atoms with van der Waals surface area (Å²) in [5.74, 6) is 0.824. The summed E-state index contributed by atoms with van der Waals surface area (Å²) >= 11 is 0. The van der Waals surface area contributed by atoms with E-state index >= 15 is 0 Å². The largest absolute Gasteiger partial charge is 0.364 e. The number of ether oxygens (including phenoxy) is 1. The van der Waals surface area contributed by atoms with E-state index in [4.69, 9.17) is 10.5 Å². The van der Waals surface area contributed by atoms with Crippen LogP contribution in [0, 0.1) is 0 Å². The minimum atomic E-state index is -0.307. The summed E-state index contributed by atoms with van der Waals surface area (Å²) in [6.45, 7) is 3.36. The van der Waals surface area contributed by atoms with Gasteiger partial charge in [0.25, 0.3) is 5.91 Å². The van der Waals surface area contributed by atoms with Gasteiger partial charge in [-0.3, -0.25) is 4.79 Å². The zero-order valence-corrected chi connectivity index (χ0v) is 12.0. The fraction of sp³-hybridized carbons (Fsp3) is 0.643. The Morgan fingerprint density at radius 3 is 2.57 bits per heavy atom. The molecule has 0 spiro atoms. The van der Waals surface area contributed by atoms with Crippen molar-refractivity contribution in [3.05, 3.63) is 18.5 Å². The van der Waals surface area contributed by atoms with Crippen molar-refractivity contribution in [2.24, 2.45) is 5.73 Å². The summed E-state index contributed by atoms with van der Waals surface area (Å²) in [6.07, 6.45) is 4.86. The van der Waals surface area contributed by atoms with E-state index in [0.29, 0.717) is 19.6 Å². The van der Waals surface area contributed by atoms with E-state index in [1.165, 1.54) is 0 Å². The van der Waals surface area contributed by atoms with Crippen LogP contribution in [0.3, 0.4) is 0 Å². The van der Waals surface area contributed by atoms with Crippen molar-refractivity contribution in [3.8, 4) is 0 Å². The van der Waals surface area contributed by atoms with Crippen molar-refractivity contribution in [1.29, 1.82) is 0 Å². The number of anilines is 1. The number of rotatable bonds is 3. The van der Waals surface area contributed by atoms with Crippen LogP contribution in [0.5, 0.6) is 0 Å². The Balaban J connectivity index is 1.53. The second-order valence-electron chi connectivity index (χ2n) is 5.42. The molecule has 0 bridgehead atoms. The minimum absolute atomic E-state index is 0.0398. The maximum atomic E-state index is 12.4. The number of hydrogen-bond acceptors (Lipinski definition) is 6. The van der Waals surface area contributed by atoms with Crippen LogP contribution in [-0.2, 0) is 9.53 Å². The molecule has 2 unspecified atom stereocenters. The molecule has 3 heterocycles. The number of aromatic nitrogens is 2. The molecule has 2 aliphatic heterocycles. The van der Waals surface area contributed by atoms with Crippen molar-refractivity contribution in [2.75, 3.05) is 37.6 Å². The maximum Gasteiger partial charge on any atom is 0.251 e. The van der Waals surface area contributed by atoms with Crippen LogP contribution in [0.2, 0.25) is 0 Å².